The van der Waals surface area contributed by atoms with Crippen molar-refractivity contribution >= 4 is 21.8 Å². The average molecular weight is 237 g/mol. The van der Waals surface area contributed by atoms with Gasteiger partial charge in [-0.2, -0.15) is 11.8 Å². The van der Waals surface area contributed by atoms with Crippen LogP contribution in [-0.4, -0.2) is 32.2 Å². The smallest absolute Gasteiger partial charge is 0.208 e. The maximum atomic E-state index is 10.8. The fourth-order valence-electron chi connectivity index (χ4n) is 1.68. The third-order valence-corrected chi connectivity index (χ3v) is 4.48. The molecular weight excluding hydrogens is 218 g/mol. The summed E-state index contributed by atoms with van der Waals surface area (Å²) in [6.45, 7) is 0.569. The highest BCUT2D eigenvalue weighted by Crippen LogP contribution is 2.27. The second-order valence-corrected chi connectivity index (χ2v) is 7.04. The highest BCUT2D eigenvalue weighted by molar-refractivity contribution is 8.00. The third-order valence-electron chi connectivity index (χ3n) is 2.37. The predicted octanol–water partition coefficient (Wildman–Crippen LogP) is 1.60. The molecule has 1 saturated carbocycles. The average Bonchev–Trinajstić information content (AvgIpc) is 2.13. The molecule has 3 nitrogen and oxygen atoms in total. The molecule has 0 atom stereocenters. The van der Waals surface area contributed by atoms with Gasteiger partial charge in [-0.1, -0.05) is 19.3 Å². The highest BCUT2D eigenvalue weighted by Gasteiger charge is 2.13. The van der Waals surface area contributed by atoms with Crippen molar-refractivity contribution in [3.63, 3.8) is 0 Å². The van der Waals surface area contributed by atoms with Gasteiger partial charge >= 0.3 is 0 Å². The standard InChI is InChI=1S/C9H19NO2S2/c1-14(11,12)10-7-8-13-9-5-3-2-4-6-9/h9-10H,2-8H2,1H3. The molecule has 0 bridgehead atoms. The van der Waals surface area contributed by atoms with Gasteiger partial charge in [0.05, 0.1) is 6.26 Å². The topological polar surface area (TPSA) is 46.2 Å². The minimum Gasteiger partial charge on any atom is -0.215 e. The van der Waals surface area contributed by atoms with Gasteiger partial charge in [0, 0.05) is 17.5 Å². The van der Waals surface area contributed by atoms with Crippen LogP contribution in [0.15, 0.2) is 0 Å². The van der Waals surface area contributed by atoms with Crippen LogP contribution in [0.3, 0.4) is 0 Å². The molecule has 0 aromatic heterocycles. The number of nitrogens with one attached hydrogen (secondary N) is 1. The van der Waals surface area contributed by atoms with Gasteiger partial charge < -0.3 is 0 Å². The molecule has 14 heavy (non-hydrogen) atoms. The minimum atomic E-state index is -2.99. The largest absolute Gasteiger partial charge is 0.215 e. The lowest BCUT2D eigenvalue weighted by molar-refractivity contribution is 0.516. The summed E-state index contributed by atoms with van der Waals surface area (Å²) in [6, 6.07) is 0. The molecule has 0 heterocycles. The first-order chi connectivity index (χ1) is 6.58. The van der Waals surface area contributed by atoms with Crippen molar-refractivity contribution in [1.82, 2.24) is 4.72 Å². The van der Waals surface area contributed by atoms with E-state index < -0.39 is 10.0 Å². The molecule has 5 heteroatoms. The van der Waals surface area contributed by atoms with E-state index in [0.717, 1.165) is 11.0 Å². The molecule has 0 unspecified atom stereocenters. The van der Waals surface area contributed by atoms with Gasteiger partial charge in [-0.15, -0.1) is 0 Å². The van der Waals surface area contributed by atoms with Crippen LogP contribution >= 0.6 is 11.8 Å². The Morgan fingerprint density at radius 3 is 2.50 bits per heavy atom. The Kier molecular flexibility index (Phi) is 5.26. The normalized spacial score (nSPS) is 19.8. The zero-order chi connectivity index (χ0) is 10.4. The molecule has 0 aromatic carbocycles. The van der Waals surface area contributed by atoms with Crippen LogP contribution in [0.5, 0.6) is 0 Å². The molecule has 0 spiro atoms. The number of sulfonamides is 1. The lowest BCUT2D eigenvalue weighted by Gasteiger charge is -2.20. The van der Waals surface area contributed by atoms with Crippen LogP contribution < -0.4 is 4.72 Å². The molecule has 1 rings (SSSR count). The van der Waals surface area contributed by atoms with Crippen LogP contribution in [0.25, 0.3) is 0 Å². The van der Waals surface area contributed by atoms with E-state index in [2.05, 4.69) is 4.72 Å². The monoisotopic (exact) mass is 237 g/mol. The summed E-state index contributed by atoms with van der Waals surface area (Å²) in [7, 11) is -2.99. The van der Waals surface area contributed by atoms with Crippen molar-refractivity contribution in [1.29, 1.82) is 0 Å². The van der Waals surface area contributed by atoms with Crippen molar-refractivity contribution in [2.24, 2.45) is 0 Å². The molecular formula is C9H19NO2S2. The first-order valence-electron chi connectivity index (χ1n) is 5.14. The summed E-state index contributed by atoms with van der Waals surface area (Å²) in [5.41, 5.74) is 0. The zero-order valence-corrected chi connectivity index (χ0v) is 10.3. The predicted molar refractivity (Wildman–Crippen MR) is 62.2 cm³/mol. The molecule has 1 aliphatic carbocycles. The van der Waals surface area contributed by atoms with Crippen LogP contribution in [0, 0.1) is 0 Å². The van der Waals surface area contributed by atoms with E-state index in [1.807, 2.05) is 11.8 Å². The van der Waals surface area contributed by atoms with Crippen molar-refractivity contribution in [3.8, 4) is 0 Å². The minimum absolute atomic E-state index is 0.569. The van der Waals surface area contributed by atoms with Crippen molar-refractivity contribution in [3.05, 3.63) is 0 Å². The van der Waals surface area contributed by atoms with Crippen LogP contribution in [0.2, 0.25) is 0 Å². The maximum Gasteiger partial charge on any atom is 0.208 e. The Bertz CT molecular complexity index is 246. The fourth-order valence-corrected chi connectivity index (χ4v) is 3.51. The first-order valence-corrected chi connectivity index (χ1v) is 8.08. The van der Waals surface area contributed by atoms with Crippen molar-refractivity contribution < 1.29 is 8.42 Å². The molecule has 0 amide bonds. The third kappa shape index (κ3) is 5.88. The van der Waals surface area contributed by atoms with Crippen LogP contribution in [0.1, 0.15) is 32.1 Å². The molecule has 0 radical (unpaired) electrons. The molecule has 0 aromatic rings. The van der Waals surface area contributed by atoms with E-state index in [0.29, 0.717) is 6.54 Å². The summed E-state index contributed by atoms with van der Waals surface area (Å²) in [5.74, 6) is 0.901. The molecule has 0 saturated heterocycles. The first kappa shape index (κ1) is 12.3. The summed E-state index contributed by atoms with van der Waals surface area (Å²) in [6.07, 6.45) is 7.89. The number of rotatable bonds is 5. The van der Waals surface area contributed by atoms with Crippen molar-refractivity contribution in [2.45, 2.75) is 37.4 Å². The van der Waals surface area contributed by atoms with Gasteiger partial charge in [-0.25, -0.2) is 13.1 Å². The Balaban J connectivity index is 2.03. The SMILES string of the molecule is CS(=O)(=O)NCCSC1CCCCC1. The molecule has 1 N–H and O–H groups in total. The second kappa shape index (κ2) is 5.98. The van der Waals surface area contributed by atoms with Gasteiger partial charge in [-0.05, 0) is 12.8 Å². The Hall–Kier alpha value is 0.260. The Morgan fingerprint density at radius 1 is 1.29 bits per heavy atom. The van der Waals surface area contributed by atoms with Gasteiger partial charge in [0.1, 0.15) is 0 Å². The molecule has 1 fully saturated rings. The molecule has 0 aliphatic heterocycles. The summed E-state index contributed by atoms with van der Waals surface area (Å²) in [4.78, 5) is 0. The number of hydrogen-bond donors (Lipinski definition) is 1. The number of thioether (sulfide) groups is 1. The Labute approximate surface area is 91.1 Å². The van der Waals surface area contributed by atoms with E-state index in [9.17, 15) is 8.42 Å². The zero-order valence-electron chi connectivity index (χ0n) is 8.66. The highest BCUT2D eigenvalue weighted by atomic mass is 32.2. The summed E-state index contributed by atoms with van der Waals surface area (Å²) >= 11 is 1.91. The van der Waals surface area contributed by atoms with E-state index in [4.69, 9.17) is 0 Å². The fraction of sp³-hybridized carbons (Fsp3) is 1.00. The Morgan fingerprint density at radius 2 is 1.93 bits per heavy atom. The van der Waals surface area contributed by atoms with E-state index in [1.165, 1.54) is 38.4 Å². The van der Waals surface area contributed by atoms with Gasteiger partial charge in [-0.3, -0.25) is 0 Å². The summed E-state index contributed by atoms with van der Waals surface area (Å²) in [5, 5.41) is 0.769. The number of hydrogen-bond acceptors (Lipinski definition) is 3. The summed E-state index contributed by atoms with van der Waals surface area (Å²) < 4.78 is 24.0. The van der Waals surface area contributed by atoms with Gasteiger partial charge in [0.2, 0.25) is 10.0 Å². The van der Waals surface area contributed by atoms with Crippen molar-refractivity contribution in [2.75, 3.05) is 18.6 Å². The van der Waals surface area contributed by atoms with Gasteiger partial charge in [0.15, 0.2) is 0 Å². The van der Waals surface area contributed by atoms with E-state index >= 15 is 0 Å². The quantitative estimate of drug-likeness (QED) is 0.739. The molecule has 84 valence electrons. The van der Waals surface area contributed by atoms with Crippen LogP contribution in [0.4, 0.5) is 0 Å². The lowest BCUT2D eigenvalue weighted by atomic mass is 10.0. The van der Waals surface area contributed by atoms with Crippen LogP contribution in [-0.2, 0) is 10.0 Å². The lowest BCUT2D eigenvalue weighted by Crippen LogP contribution is -2.25. The van der Waals surface area contributed by atoms with E-state index in [-0.39, 0.29) is 0 Å². The second-order valence-electron chi connectivity index (χ2n) is 3.80. The molecule has 1 aliphatic rings. The maximum absolute atomic E-state index is 10.8. The van der Waals surface area contributed by atoms with E-state index in [1.54, 1.807) is 0 Å². The van der Waals surface area contributed by atoms with Gasteiger partial charge in [0.25, 0.3) is 0 Å².